The minimum absolute atomic E-state index is 0.222. The van der Waals surface area contributed by atoms with Crippen molar-refractivity contribution in [1.29, 1.82) is 0 Å². The number of anilines is 1. The highest BCUT2D eigenvalue weighted by molar-refractivity contribution is 6.39. The predicted molar refractivity (Wildman–Crippen MR) is 96.6 cm³/mol. The minimum Gasteiger partial charge on any atom is -0.462 e. The van der Waals surface area contributed by atoms with E-state index in [1.54, 1.807) is 31.2 Å². The van der Waals surface area contributed by atoms with Gasteiger partial charge in [-0.1, -0.05) is 36.4 Å². The van der Waals surface area contributed by atoms with Crippen LogP contribution in [0.2, 0.25) is 0 Å². The number of hydrogen-bond donors (Lipinski definition) is 1. The molecule has 1 aliphatic heterocycles. The predicted octanol–water partition coefficient (Wildman–Crippen LogP) is 2.39. The van der Waals surface area contributed by atoms with Crippen LogP contribution in [0, 0.1) is 0 Å². The zero-order valence-corrected chi connectivity index (χ0v) is 14.5. The molecule has 0 saturated carbocycles. The molecule has 0 fully saturated rings. The molecule has 0 bridgehead atoms. The standard InChI is InChI=1S/C20H20N2O4/c1-2-26-20(25)16-9-5-6-10-17(16)21-18(23)19(24)22-12-11-14-7-3-4-8-15(14)13-22/h3-10H,2,11-13H2,1H3,(H,21,23). The second-order valence-electron chi connectivity index (χ2n) is 5.97. The van der Waals surface area contributed by atoms with Crippen LogP contribution in [-0.2, 0) is 27.3 Å². The number of fused-ring (bicyclic) bond motifs is 1. The first-order valence-electron chi connectivity index (χ1n) is 8.53. The Morgan fingerprint density at radius 1 is 1.04 bits per heavy atom. The van der Waals surface area contributed by atoms with Gasteiger partial charge in [0.25, 0.3) is 0 Å². The Kier molecular flexibility index (Phi) is 5.31. The fourth-order valence-electron chi connectivity index (χ4n) is 2.97. The van der Waals surface area contributed by atoms with Crippen LogP contribution in [0.15, 0.2) is 48.5 Å². The van der Waals surface area contributed by atoms with E-state index in [-0.39, 0.29) is 17.9 Å². The highest BCUT2D eigenvalue weighted by Gasteiger charge is 2.26. The summed E-state index contributed by atoms with van der Waals surface area (Å²) in [6, 6.07) is 14.4. The first kappa shape index (κ1) is 17.7. The number of carbonyl (C=O) groups is 3. The Balaban J connectivity index is 1.71. The summed E-state index contributed by atoms with van der Waals surface area (Å²) in [6.45, 7) is 2.83. The molecule has 0 atom stereocenters. The molecule has 1 N–H and O–H groups in total. The minimum atomic E-state index is -0.763. The number of para-hydroxylation sites is 1. The van der Waals surface area contributed by atoms with Gasteiger partial charge in [-0.25, -0.2) is 4.79 Å². The smallest absolute Gasteiger partial charge is 0.340 e. The summed E-state index contributed by atoms with van der Waals surface area (Å²) in [6.07, 6.45) is 0.717. The van der Waals surface area contributed by atoms with Crippen LogP contribution in [0.1, 0.15) is 28.4 Å². The van der Waals surface area contributed by atoms with Crippen LogP contribution in [0.3, 0.4) is 0 Å². The van der Waals surface area contributed by atoms with Crippen molar-refractivity contribution in [3.8, 4) is 0 Å². The Labute approximate surface area is 151 Å². The Morgan fingerprint density at radius 2 is 1.73 bits per heavy atom. The molecule has 0 aromatic heterocycles. The molecule has 6 heteroatoms. The van der Waals surface area contributed by atoms with E-state index < -0.39 is 17.8 Å². The van der Waals surface area contributed by atoms with E-state index in [2.05, 4.69) is 5.32 Å². The van der Waals surface area contributed by atoms with Crippen LogP contribution in [-0.4, -0.2) is 35.8 Å². The Hall–Kier alpha value is -3.15. The van der Waals surface area contributed by atoms with E-state index >= 15 is 0 Å². The van der Waals surface area contributed by atoms with Gasteiger partial charge < -0.3 is 15.0 Å². The molecule has 0 aliphatic carbocycles. The summed E-state index contributed by atoms with van der Waals surface area (Å²) in [4.78, 5) is 38.4. The van der Waals surface area contributed by atoms with Crippen LogP contribution in [0.4, 0.5) is 5.69 Å². The van der Waals surface area contributed by atoms with Gasteiger partial charge in [-0.3, -0.25) is 9.59 Å². The zero-order chi connectivity index (χ0) is 18.5. The molecule has 0 saturated heterocycles. The third-order valence-corrected chi connectivity index (χ3v) is 4.28. The fourth-order valence-corrected chi connectivity index (χ4v) is 2.97. The zero-order valence-electron chi connectivity index (χ0n) is 14.5. The number of ether oxygens (including phenoxy) is 1. The van der Waals surface area contributed by atoms with Crippen LogP contribution in [0.5, 0.6) is 0 Å². The lowest BCUT2D eigenvalue weighted by Gasteiger charge is -2.28. The van der Waals surface area contributed by atoms with E-state index in [0.717, 1.165) is 5.56 Å². The average molecular weight is 352 g/mol. The Morgan fingerprint density at radius 3 is 2.50 bits per heavy atom. The number of amides is 2. The quantitative estimate of drug-likeness (QED) is 0.680. The third kappa shape index (κ3) is 3.74. The van der Waals surface area contributed by atoms with E-state index in [1.165, 1.54) is 10.5 Å². The van der Waals surface area contributed by atoms with Crippen molar-refractivity contribution in [1.82, 2.24) is 4.90 Å². The summed E-state index contributed by atoms with van der Waals surface area (Å²) in [7, 11) is 0. The number of nitrogens with one attached hydrogen (secondary N) is 1. The van der Waals surface area contributed by atoms with Crippen molar-refractivity contribution in [2.24, 2.45) is 0 Å². The van der Waals surface area contributed by atoms with Crippen LogP contribution < -0.4 is 5.32 Å². The third-order valence-electron chi connectivity index (χ3n) is 4.28. The molecule has 2 aromatic rings. The lowest BCUT2D eigenvalue weighted by molar-refractivity contribution is -0.143. The molecule has 26 heavy (non-hydrogen) atoms. The number of nitrogens with zero attached hydrogens (tertiary/aromatic N) is 1. The van der Waals surface area contributed by atoms with Gasteiger partial charge in [0.05, 0.1) is 17.9 Å². The van der Waals surface area contributed by atoms with Gasteiger partial charge in [0.1, 0.15) is 0 Å². The second kappa shape index (κ2) is 7.82. The van der Waals surface area contributed by atoms with Crippen molar-refractivity contribution in [2.75, 3.05) is 18.5 Å². The Bertz CT molecular complexity index is 847. The van der Waals surface area contributed by atoms with Crippen molar-refractivity contribution >= 4 is 23.5 Å². The number of benzene rings is 2. The van der Waals surface area contributed by atoms with Gasteiger partial charge in [-0.2, -0.15) is 0 Å². The van der Waals surface area contributed by atoms with E-state index in [0.29, 0.717) is 19.5 Å². The summed E-state index contributed by atoms with van der Waals surface area (Å²) in [5.74, 6) is -1.91. The average Bonchev–Trinajstić information content (AvgIpc) is 2.67. The molecule has 3 rings (SSSR count). The SMILES string of the molecule is CCOC(=O)c1ccccc1NC(=O)C(=O)N1CCc2ccccc2C1. The summed E-state index contributed by atoms with van der Waals surface area (Å²) >= 11 is 0. The largest absolute Gasteiger partial charge is 0.462 e. The van der Waals surface area contributed by atoms with Crippen molar-refractivity contribution in [2.45, 2.75) is 19.9 Å². The van der Waals surface area contributed by atoms with E-state index in [4.69, 9.17) is 4.74 Å². The van der Waals surface area contributed by atoms with E-state index in [1.807, 2.05) is 24.3 Å². The van der Waals surface area contributed by atoms with Gasteiger partial charge in [0, 0.05) is 13.1 Å². The lowest BCUT2D eigenvalue weighted by atomic mass is 10.00. The summed E-state index contributed by atoms with van der Waals surface area (Å²) in [5.41, 5.74) is 2.73. The van der Waals surface area contributed by atoms with Gasteiger partial charge in [0.2, 0.25) is 0 Å². The monoisotopic (exact) mass is 352 g/mol. The molecule has 1 aliphatic rings. The molecule has 0 spiro atoms. The van der Waals surface area contributed by atoms with Gasteiger partial charge >= 0.3 is 17.8 Å². The molecule has 0 unspecified atom stereocenters. The fraction of sp³-hybridized carbons (Fsp3) is 0.250. The maximum absolute atomic E-state index is 12.5. The van der Waals surface area contributed by atoms with E-state index in [9.17, 15) is 14.4 Å². The second-order valence-corrected chi connectivity index (χ2v) is 5.97. The maximum Gasteiger partial charge on any atom is 0.340 e. The molecule has 2 amide bonds. The van der Waals surface area contributed by atoms with Gasteiger partial charge in [-0.05, 0) is 36.6 Å². The van der Waals surface area contributed by atoms with Crippen LogP contribution in [0.25, 0.3) is 0 Å². The highest BCUT2D eigenvalue weighted by atomic mass is 16.5. The molecule has 0 radical (unpaired) electrons. The molecule has 134 valence electrons. The molecule has 6 nitrogen and oxygen atoms in total. The number of rotatable bonds is 3. The normalized spacial score (nSPS) is 12.9. The van der Waals surface area contributed by atoms with Gasteiger partial charge in [0.15, 0.2) is 0 Å². The topological polar surface area (TPSA) is 75.7 Å². The highest BCUT2D eigenvalue weighted by Crippen LogP contribution is 2.20. The summed E-state index contributed by atoms with van der Waals surface area (Å²) < 4.78 is 4.98. The number of carbonyl (C=O) groups excluding carboxylic acids is 3. The van der Waals surface area contributed by atoms with Crippen LogP contribution >= 0.6 is 0 Å². The van der Waals surface area contributed by atoms with Crippen molar-refractivity contribution in [3.63, 3.8) is 0 Å². The number of hydrogen-bond acceptors (Lipinski definition) is 4. The van der Waals surface area contributed by atoms with Gasteiger partial charge in [-0.15, -0.1) is 0 Å². The number of esters is 1. The molecular formula is C20H20N2O4. The maximum atomic E-state index is 12.5. The first-order valence-corrected chi connectivity index (χ1v) is 8.53. The summed E-state index contributed by atoms with van der Waals surface area (Å²) in [5, 5.41) is 2.54. The molecule has 1 heterocycles. The molecule has 2 aromatic carbocycles. The lowest BCUT2D eigenvalue weighted by Crippen LogP contribution is -2.42. The van der Waals surface area contributed by atoms with Crippen molar-refractivity contribution in [3.05, 3.63) is 65.2 Å². The first-order chi connectivity index (χ1) is 12.6. The van der Waals surface area contributed by atoms with Crippen molar-refractivity contribution < 1.29 is 19.1 Å². The molecular weight excluding hydrogens is 332 g/mol.